The molecule has 5 nitrogen and oxygen atoms in total. The highest BCUT2D eigenvalue weighted by Gasteiger charge is 2.25. The first-order valence-electron chi connectivity index (χ1n) is 10.1. The van der Waals surface area contributed by atoms with Crippen LogP contribution < -0.4 is 10.6 Å². The summed E-state index contributed by atoms with van der Waals surface area (Å²) in [6.07, 6.45) is 0. The molecule has 0 unspecified atom stereocenters. The van der Waals surface area contributed by atoms with Crippen molar-refractivity contribution in [2.75, 3.05) is 13.1 Å². The van der Waals surface area contributed by atoms with E-state index >= 15 is 0 Å². The molecular weight excluding hydrogens is 364 g/mol. The third kappa shape index (κ3) is 7.20. The minimum Gasteiger partial charge on any atom is -0.382 e. The van der Waals surface area contributed by atoms with E-state index in [4.69, 9.17) is 0 Å². The lowest BCUT2D eigenvalue weighted by atomic mass is 9.96. The van der Waals surface area contributed by atoms with Crippen LogP contribution >= 0.6 is 0 Å². The van der Waals surface area contributed by atoms with Crippen LogP contribution in [-0.2, 0) is 13.1 Å². The number of aliphatic hydroxyl groups is 1. The van der Waals surface area contributed by atoms with Gasteiger partial charge in [0.25, 0.3) is 0 Å². The third-order valence-electron chi connectivity index (χ3n) is 4.62. The van der Waals surface area contributed by atoms with Crippen molar-refractivity contribution in [1.82, 2.24) is 10.6 Å². The van der Waals surface area contributed by atoms with Gasteiger partial charge in [-0.25, -0.2) is 0 Å². The van der Waals surface area contributed by atoms with E-state index in [-0.39, 0.29) is 17.5 Å². The first-order chi connectivity index (χ1) is 13.7. The smallest absolute Gasteiger partial charge is 0.193 e. The Morgan fingerprint density at radius 3 is 1.86 bits per heavy atom. The van der Waals surface area contributed by atoms with Crippen molar-refractivity contribution in [2.24, 2.45) is 5.92 Å². The second-order valence-corrected chi connectivity index (χ2v) is 8.16. The van der Waals surface area contributed by atoms with Crippen molar-refractivity contribution in [3.05, 3.63) is 70.8 Å². The molecule has 0 spiro atoms. The first-order valence-corrected chi connectivity index (χ1v) is 10.1. The summed E-state index contributed by atoms with van der Waals surface area (Å²) in [5, 5.41) is 16.6. The summed E-state index contributed by atoms with van der Waals surface area (Å²) >= 11 is 0. The number of hydrogen-bond donors (Lipinski definition) is 3. The lowest BCUT2D eigenvalue weighted by Crippen LogP contribution is -2.31. The SMILES string of the molecule is CC(C)C(=O)c1cccc(CNCCNCc2cccc(C(=O)C(C)(C)O)c2)c1. The van der Waals surface area contributed by atoms with Crippen molar-refractivity contribution in [3.8, 4) is 0 Å². The van der Waals surface area contributed by atoms with Gasteiger partial charge in [-0.2, -0.15) is 0 Å². The highest BCUT2D eigenvalue weighted by atomic mass is 16.3. The van der Waals surface area contributed by atoms with Crippen LogP contribution in [0.4, 0.5) is 0 Å². The number of benzene rings is 2. The highest BCUT2D eigenvalue weighted by molar-refractivity contribution is 6.01. The Balaban J connectivity index is 1.75. The van der Waals surface area contributed by atoms with Crippen LogP contribution in [0.25, 0.3) is 0 Å². The van der Waals surface area contributed by atoms with E-state index in [0.717, 1.165) is 29.8 Å². The summed E-state index contributed by atoms with van der Waals surface area (Å²) in [7, 11) is 0. The van der Waals surface area contributed by atoms with Crippen molar-refractivity contribution in [3.63, 3.8) is 0 Å². The lowest BCUT2D eigenvalue weighted by molar-refractivity contribution is 0.0488. The Bertz CT molecular complexity index is 838. The van der Waals surface area contributed by atoms with Crippen LogP contribution in [0, 0.1) is 5.92 Å². The van der Waals surface area contributed by atoms with Crippen LogP contribution in [0.5, 0.6) is 0 Å². The van der Waals surface area contributed by atoms with Gasteiger partial charge in [0.2, 0.25) is 0 Å². The van der Waals surface area contributed by atoms with Gasteiger partial charge < -0.3 is 15.7 Å². The number of rotatable bonds is 11. The van der Waals surface area contributed by atoms with Gasteiger partial charge in [-0.15, -0.1) is 0 Å². The van der Waals surface area contributed by atoms with Crippen molar-refractivity contribution in [1.29, 1.82) is 0 Å². The summed E-state index contributed by atoms with van der Waals surface area (Å²) in [6, 6.07) is 15.1. The van der Waals surface area contributed by atoms with E-state index in [1.165, 1.54) is 13.8 Å². The van der Waals surface area contributed by atoms with E-state index in [1.807, 2.05) is 56.3 Å². The number of hydrogen-bond acceptors (Lipinski definition) is 5. The minimum atomic E-state index is -1.37. The predicted octanol–water partition coefficient (Wildman–Crippen LogP) is 3.36. The summed E-state index contributed by atoms with van der Waals surface area (Å²) in [5.41, 5.74) is 2.01. The lowest BCUT2D eigenvalue weighted by Gasteiger charge is -2.16. The number of nitrogens with one attached hydrogen (secondary N) is 2. The molecule has 0 heterocycles. The Hall–Kier alpha value is -2.34. The Morgan fingerprint density at radius 1 is 0.897 bits per heavy atom. The highest BCUT2D eigenvalue weighted by Crippen LogP contribution is 2.14. The number of ketones is 2. The molecule has 5 heteroatoms. The molecule has 0 aromatic heterocycles. The fourth-order valence-electron chi connectivity index (χ4n) is 2.99. The van der Waals surface area contributed by atoms with Crippen molar-refractivity contribution >= 4 is 11.6 Å². The number of carbonyl (C=O) groups is 2. The van der Waals surface area contributed by atoms with Crippen molar-refractivity contribution in [2.45, 2.75) is 46.4 Å². The van der Waals surface area contributed by atoms with Gasteiger partial charge in [-0.1, -0.05) is 50.2 Å². The topological polar surface area (TPSA) is 78.4 Å². The number of Topliss-reactive ketones (excluding diaryl/α,β-unsaturated/α-hetero) is 2. The zero-order valence-electron chi connectivity index (χ0n) is 17.8. The monoisotopic (exact) mass is 396 g/mol. The predicted molar refractivity (Wildman–Crippen MR) is 116 cm³/mol. The van der Waals surface area contributed by atoms with Crippen LogP contribution in [0.3, 0.4) is 0 Å². The van der Waals surface area contributed by atoms with E-state index in [9.17, 15) is 14.7 Å². The second kappa shape index (κ2) is 10.4. The maximum absolute atomic E-state index is 12.2. The van der Waals surface area contributed by atoms with E-state index in [2.05, 4.69) is 10.6 Å². The quantitative estimate of drug-likeness (QED) is 0.401. The summed E-state index contributed by atoms with van der Waals surface area (Å²) in [4.78, 5) is 24.3. The van der Waals surface area contributed by atoms with Gasteiger partial charge in [-0.05, 0) is 37.1 Å². The molecule has 0 saturated carbocycles. The first kappa shape index (κ1) is 22.9. The summed E-state index contributed by atoms with van der Waals surface area (Å²) < 4.78 is 0. The zero-order valence-corrected chi connectivity index (χ0v) is 17.8. The average Bonchev–Trinajstić information content (AvgIpc) is 2.69. The van der Waals surface area contributed by atoms with E-state index in [0.29, 0.717) is 18.7 Å². The van der Waals surface area contributed by atoms with Gasteiger partial charge in [0, 0.05) is 43.2 Å². The molecule has 0 aliphatic carbocycles. The Morgan fingerprint density at radius 2 is 1.38 bits per heavy atom. The molecule has 0 amide bonds. The van der Waals surface area contributed by atoms with Gasteiger partial charge in [0.05, 0.1) is 0 Å². The maximum Gasteiger partial charge on any atom is 0.193 e. The molecule has 0 aliphatic heterocycles. The molecule has 29 heavy (non-hydrogen) atoms. The van der Waals surface area contributed by atoms with Crippen LogP contribution in [0.15, 0.2) is 48.5 Å². The van der Waals surface area contributed by atoms with E-state index in [1.54, 1.807) is 6.07 Å². The molecule has 0 radical (unpaired) electrons. The third-order valence-corrected chi connectivity index (χ3v) is 4.62. The molecule has 0 fully saturated rings. The van der Waals surface area contributed by atoms with Crippen LogP contribution in [-0.4, -0.2) is 35.4 Å². The number of carbonyl (C=O) groups excluding carboxylic acids is 2. The van der Waals surface area contributed by atoms with Gasteiger partial charge in [0.1, 0.15) is 5.60 Å². The average molecular weight is 397 g/mol. The molecule has 2 aromatic rings. The van der Waals surface area contributed by atoms with Gasteiger partial charge in [-0.3, -0.25) is 9.59 Å². The molecule has 156 valence electrons. The summed E-state index contributed by atoms with van der Waals surface area (Å²) in [5.74, 6) is -0.113. The van der Waals surface area contributed by atoms with Gasteiger partial charge >= 0.3 is 0 Å². The van der Waals surface area contributed by atoms with E-state index < -0.39 is 5.60 Å². The standard InChI is InChI=1S/C24H32N2O3/c1-17(2)22(27)20-9-5-7-18(13-20)15-25-11-12-26-16-19-8-6-10-21(14-19)23(28)24(3,4)29/h5-10,13-14,17,25-26,29H,11-12,15-16H2,1-4H3. The molecule has 0 bridgehead atoms. The minimum absolute atomic E-state index is 0.000319. The largest absolute Gasteiger partial charge is 0.382 e. The van der Waals surface area contributed by atoms with Crippen LogP contribution in [0.2, 0.25) is 0 Å². The zero-order chi connectivity index (χ0) is 21.4. The molecular formula is C24H32N2O3. The molecule has 3 N–H and O–H groups in total. The molecule has 0 aliphatic rings. The second-order valence-electron chi connectivity index (χ2n) is 8.16. The van der Waals surface area contributed by atoms with Crippen LogP contribution in [0.1, 0.15) is 59.5 Å². The Labute approximate surface area is 173 Å². The molecule has 0 saturated heterocycles. The van der Waals surface area contributed by atoms with Crippen molar-refractivity contribution < 1.29 is 14.7 Å². The fourth-order valence-corrected chi connectivity index (χ4v) is 2.99. The summed E-state index contributed by atoms with van der Waals surface area (Å²) in [6.45, 7) is 9.73. The Kier molecular flexibility index (Phi) is 8.26. The molecule has 2 rings (SSSR count). The maximum atomic E-state index is 12.2. The van der Waals surface area contributed by atoms with Gasteiger partial charge in [0.15, 0.2) is 11.6 Å². The molecule has 0 atom stereocenters. The molecule has 2 aromatic carbocycles. The normalized spacial score (nSPS) is 11.7. The fraction of sp³-hybridized carbons (Fsp3) is 0.417.